The molecular weight excluding hydrogens is 302 g/mol. The van der Waals surface area contributed by atoms with Crippen molar-refractivity contribution in [2.75, 3.05) is 13.4 Å². The van der Waals surface area contributed by atoms with E-state index in [4.69, 9.17) is 9.57 Å². The van der Waals surface area contributed by atoms with Gasteiger partial charge in [0.2, 0.25) is 10.0 Å². The minimum atomic E-state index is -3.46. The predicted molar refractivity (Wildman–Crippen MR) is 84.6 cm³/mol. The van der Waals surface area contributed by atoms with E-state index in [2.05, 4.69) is 0 Å². The second-order valence-corrected chi connectivity index (χ2v) is 6.70. The monoisotopic (exact) mass is 321 g/mol. The number of nitrogens with zero attached hydrogens (tertiary/aromatic N) is 1. The summed E-state index contributed by atoms with van der Waals surface area (Å²) in [5.74, 6) is 0.744. The van der Waals surface area contributed by atoms with Crippen LogP contribution in [0, 0.1) is 0 Å². The van der Waals surface area contributed by atoms with Crippen LogP contribution in [0.2, 0.25) is 0 Å². The molecule has 0 saturated carbocycles. The van der Waals surface area contributed by atoms with Crippen LogP contribution in [-0.2, 0) is 28.0 Å². The summed E-state index contributed by atoms with van der Waals surface area (Å²) in [5, 5.41) is 0. The molecule has 118 valence electrons. The first-order chi connectivity index (χ1) is 10.5. The number of hydroxylamine groups is 1. The summed E-state index contributed by atoms with van der Waals surface area (Å²) in [6, 6.07) is 16.6. The van der Waals surface area contributed by atoms with Gasteiger partial charge in [-0.3, -0.25) is 4.84 Å². The molecular formula is C16H19NO4S. The van der Waals surface area contributed by atoms with Gasteiger partial charge >= 0.3 is 0 Å². The molecule has 2 rings (SSSR count). The van der Waals surface area contributed by atoms with Crippen molar-refractivity contribution in [1.82, 2.24) is 4.47 Å². The van der Waals surface area contributed by atoms with Crippen LogP contribution in [0.1, 0.15) is 11.1 Å². The van der Waals surface area contributed by atoms with Crippen LogP contribution in [0.5, 0.6) is 5.75 Å². The first kappa shape index (κ1) is 16.5. The number of sulfonamides is 1. The summed E-state index contributed by atoms with van der Waals surface area (Å²) in [5.41, 5.74) is 1.73. The topological polar surface area (TPSA) is 55.8 Å². The normalized spacial score (nSPS) is 11.6. The van der Waals surface area contributed by atoms with Crippen LogP contribution >= 0.6 is 0 Å². The van der Waals surface area contributed by atoms with E-state index >= 15 is 0 Å². The average molecular weight is 321 g/mol. The quantitative estimate of drug-likeness (QED) is 0.736. The Morgan fingerprint density at radius 1 is 0.955 bits per heavy atom. The lowest BCUT2D eigenvalue weighted by Gasteiger charge is -2.19. The van der Waals surface area contributed by atoms with Gasteiger partial charge in [-0.05, 0) is 23.3 Å². The lowest BCUT2D eigenvalue weighted by molar-refractivity contribution is -0.102. The van der Waals surface area contributed by atoms with Crippen molar-refractivity contribution in [3.8, 4) is 5.75 Å². The number of rotatable bonds is 7. The highest BCUT2D eigenvalue weighted by Gasteiger charge is 2.18. The maximum absolute atomic E-state index is 11.8. The first-order valence-electron chi connectivity index (χ1n) is 6.76. The molecule has 22 heavy (non-hydrogen) atoms. The Morgan fingerprint density at radius 3 is 2.14 bits per heavy atom. The lowest BCUT2D eigenvalue weighted by atomic mass is 10.2. The molecule has 0 aliphatic carbocycles. The molecule has 0 saturated heterocycles. The Morgan fingerprint density at radius 2 is 1.59 bits per heavy atom. The van der Waals surface area contributed by atoms with Crippen molar-refractivity contribution in [3.05, 3.63) is 65.7 Å². The lowest BCUT2D eigenvalue weighted by Crippen LogP contribution is -2.29. The second kappa shape index (κ2) is 7.40. The summed E-state index contributed by atoms with van der Waals surface area (Å²) in [7, 11) is -1.87. The van der Waals surface area contributed by atoms with Gasteiger partial charge in [-0.15, -0.1) is 0 Å². The van der Waals surface area contributed by atoms with Crippen LogP contribution < -0.4 is 4.74 Å². The molecule has 5 nitrogen and oxygen atoms in total. The number of benzene rings is 2. The Kier molecular flexibility index (Phi) is 5.54. The number of methoxy groups -OCH3 is 1. The Balaban J connectivity index is 2.04. The van der Waals surface area contributed by atoms with Crippen molar-refractivity contribution in [3.63, 3.8) is 0 Å². The van der Waals surface area contributed by atoms with Gasteiger partial charge in [0.1, 0.15) is 5.75 Å². The molecule has 0 fully saturated rings. The third kappa shape index (κ3) is 4.84. The molecule has 0 bridgehead atoms. The van der Waals surface area contributed by atoms with E-state index in [0.717, 1.165) is 27.6 Å². The van der Waals surface area contributed by atoms with Crippen molar-refractivity contribution in [2.45, 2.75) is 13.2 Å². The highest BCUT2D eigenvalue weighted by atomic mass is 32.2. The van der Waals surface area contributed by atoms with E-state index in [-0.39, 0.29) is 13.2 Å². The number of hydrogen-bond donors (Lipinski definition) is 0. The number of hydrogen-bond acceptors (Lipinski definition) is 4. The van der Waals surface area contributed by atoms with E-state index < -0.39 is 10.0 Å². The van der Waals surface area contributed by atoms with Crippen molar-refractivity contribution in [1.29, 1.82) is 0 Å². The maximum atomic E-state index is 11.8. The highest BCUT2D eigenvalue weighted by molar-refractivity contribution is 7.88. The minimum absolute atomic E-state index is 0.171. The van der Waals surface area contributed by atoms with Crippen molar-refractivity contribution < 1.29 is 18.0 Å². The van der Waals surface area contributed by atoms with Crippen LogP contribution in [0.3, 0.4) is 0 Å². The molecule has 0 aromatic heterocycles. The zero-order valence-corrected chi connectivity index (χ0v) is 13.4. The Bertz CT molecular complexity index is 684. The zero-order valence-electron chi connectivity index (χ0n) is 12.6. The van der Waals surface area contributed by atoms with Gasteiger partial charge < -0.3 is 4.74 Å². The predicted octanol–water partition coefficient (Wildman–Crippen LogP) is 2.59. The summed E-state index contributed by atoms with van der Waals surface area (Å²) in [4.78, 5) is 5.47. The standard InChI is InChI=1S/C16H19NO4S/c1-20-16-10-8-15(9-11-16)13-21-17(22(2,18)19)12-14-6-4-3-5-7-14/h3-11H,12-13H2,1-2H3. The van der Waals surface area contributed by atoms with Gasteiger partial charge in [-0.2, -0.15) is 0 Å². The largest absolute Gasteiger partial charge is 0.497 e. The minimum Gasteiger partial charge on any atom is -0.497 e. The zero-order chi connectivity index (χ0) is 16.0. The van der Waals surface area contributed by atoms with Crippen LogP contribution in [0.4, 0.5) is 0 Å². The summed E-state index contributed by atoms with van der Waals surface area (Å²) in [6.45, 7) is 0.347. The maximum Gasteiger partial charge on any atom is 0.233 e. The van der Waals surface area contributed by atoms with Crippen LogP contribution in [0.25, 0.3) is 0 Å². The molecule has 0 amide bonds. The molecule has 0 atom stereocenters. The third-order valence-corrected chi connectivity index (χ3v) is 4.03. The smallest absolute Gasteiger partial charge is 0.233 e. The van der Waals surface area contributed by atoms with Gasteiger partial charge in [0, 0.05) is 0 Å². The fraction of sp³-hybridized carbons (Fsp3) is 0.250. The van der Waals surface area contributed by atoms with Crippen molar-refractivity contribution in [2.24, 2.45) is 0 Å². The molecule has 2 aromatic carbocycles. The van der Waals surface area contributed by atoms with Gasteiger partial charge in [0.25, 0.3) is 0 Å². The Labute approximate surface area is 131 Å². The molecule has 0 heterocycles. The van der Waals surface area contributed by atoms with Crippen LogP contribution in [-0.4, -0.2) is 26.3 Å². The van der Waals surface area contributed by atoms with Gasteiger partial charge in [-0.25, -0.2) is 8.42 Å². The SMILES string of the molecule is COc1ccc(CON(Cc2ccccc2)S(C)(=O)=O)cc1. The van der Waals surface area contributed by atoms with E-state index in [1.807, 2.05) is 42.5 Å². The summed E-state index contributed by atoms with van der Waals surface area (Å²) < 4.78 is 29.8. The van der Waals surface area contributed by atoms with E-state index in [9.17, 15) is 8.42 Å². The fourth-order valence-corrected chi connectivity index (χ4v) is 2.49. The second-order valence-electron chi connectivity index (χ2n) is 4.83. The van der Waals surface area contributed by atoms with E-state index in [1.54, 1.807) is 19.2 Å². The average Bonchev–Trinajstić information content (AvgIpc) is 2.52. The molecule has 0 N–H and O–H groups in total. The molecule has 2 aromatic rings. The first-order valence-corrected chi connectivity index (χ1v) is 8.61. The van der Waals surface area contributed by atoms with Crippen molar-refractivity contribution >= 4 is 10.0 Å². The molecule has 0 radical (unpaired) electrons. The highest BCUT2D eigenvalue weighted by Crippen LogP contribution is 2.15. The molecule has 6 heteroatoms. The van der Waals surface area contributed by atoms with Gasteiger partial charge in [0.05, 0.1) is 26.5 Å². The number of ether oxygens (including phenoxy) is 1. The molecule has 0 spiro atoms. The summed E-state index contributed by atoms with van der Waals surface area (Å²) >= 11 is 0. The Hall–Kier alpha value is -1.89. The fourth-order valence-electron chi connectivity index (χ4n) is 1.86. The van der Waals surface area contributed by atoms with E-state index in [0.29, 0.717) is 0 Å². The molecule has 0 aliphatic rings. The third-order valence-electron chi connectivity index (χ3n) is 3.06. The van der Waals surface area contributed by atoms with Crippen LogP contribution in [0.15, 0.2) is 54.6 Å². The molecule has 0 unspecified atom stereocenters. The van der Waals surface area contributed by atoms with E-state index in [1.165, 1.54) is 0 Å². The van der Waals surface area contributed by atoms with Gasteiger partial charge in [-0.1, -0.05) is 46.9 Å². The summed E-state index contributed by atoms with van der Waals surface area (Å²) in [6.07, 6.45) is 1.13. The van der Waals surface area contributed by atoms with Gasteiger partial charge in [0.15, 0.2) is 0 Å². The molecule has 0 aliphatic heterocycles.